The molecule has 1 aliphatic rings. The van der Waals surface area contributed by atoms with Crippen molar-refractivity contribution >= 4 is 33.3 Å². The van der Waals surface area contributed by atoms with Gasteiger partial charge in [-0.2, -0.15) is 0 Å². The Kier molecular flexibility index (Phi) is 3.42. The molecule has 2 heterocycles. The largest absolute Gasteiger partial charge is 0.323 e. The molecule has 0 bridgehead atoms. The number of amides is 2. The van der Waals surface area contributed by atoms with Gasteiger partial charge in [-0.15, -0.1) is 0 Å². The summed E-state index contributed by atoms with van der Waals surface area (Å²) in [4.78, 5) is 16.2. The Morgan fingerprint density at radius 1 is 1.09 bits per heavy atom. The molecule has 3 rings (SSSR count). The standard InChI is InChI=1S/C15H13N3O3S/c1-10-2-4-13(9-16-10)18-15(19)17-12-5-3-11-6-7-22(20,21)14(11)8-12/h2-9H,1H3,(H2,17,18,19). The van der Waals surface area contributed by atoms with E-state index in [1.54, 1.807) is 30.5 Å². The van der Waals surface area contributed by atoms with Gasteiger partial charge < -0.3 is 10.6 Å². The van der Waals surface area contributed by atoms with Gasteiger partial charge in [0.1, 0.15) is 0 Å². The van der Waals surface area contributed by atoms with E-state index in [1.165, 1.54) is 12.1 Å². The molecule has 112 valence electrons. The molecule has 0 saturated carbocycles. The number of rotatable bonds is 2. The maximum Gasteiger partial charge on any atom is 0.323 e. The number of urea groups is 1. The second-order valence-corrected chi connectivity index (χ2v) is 6.67. The molecule has 2 aromatic rings. The first-order valence-corrected chi connectivity index (χ1v) is 8.06. The predicted molar refractivity (Wildman–Crippen MR) is 84.3 cm³/mol. The van der Waals surface area contributed by atoms with E-state index in [0.717, 1.165) is 11.1 Å². The van der Waals surface area contributed by atoms with Gasteiger partial charge in [0, 0.05) is 16.8 Å². The summed E-state index contributed by atoms with van der Waals surface area (Å²) in [7, 11) is -3.39. The van der Waals surface area contributed by atoms with Crippen LogP contribution in [0.15, 0.2) is 46.8 Å². The molecule has 1 aliphatic heterocycles. The van der Waals surface area contributed by atoms with Gasteiger partial charge in [0.25, 0.3) is 0 Å². The van der Waals surface area contributed by atoms with E-state index < -0.39 is 15.9 Å². The molecule has 7 heteroatoms. The van der Waals surface area contributed by atoms with E-state index in [2.05, 4.69) is 15.6 Å². The first kappa shape index (κ1) is 14.3. The van der Waals surface area contributed by atoms with Crippen LogP contribution in [0, 0.1) is 6.92 Å². The van der Waals surface area contributed by atoms with Gasteiger partial charge in [0.05, 0.1) is 16.8 Å². The highest BCUT2D eigenvalue weighted by molar-refractivity contribution is 7.94. The van der Waals surface area contributed by atoms with Crippen LogP contribution < -0.4 is 10.6 Å². The molecule has 0 fully saturated rings. The summed E-state index contributed by atoms with van der Waals surface area (Å²) in [5, 5.41) is 6.38. The molecule has 6 nitrogen and oxygen atoms in total. The third-order valence-corrected chi connectivity index (χ3v) is 4.63. The second kappa shape index (κ2) is 5.27. The average molecular weight is 315 g/mol. The van der Waals surface area contributed by atoms with Crippen molar-refractivity contribution < 1.29 is 13.2 Å². The fourth-order valence-electron chi connectivity index (χ4n) is 2.07. The number of carbonyl (C=O) groups excluding carboxylic acids is 1. The number of hydrogen-bond donors (Lipinski definition) is 2. The fourth-order valence-corrected chi connectivity index (χ4v) is 3.30. The summed E-state index contributed by atoms with van der Waals surface area (Å²) < 4.78 is 23.6. The molecule has 2 N–H and O–H groups in total. The van der Waals surface area contributed by atoms with Crippen molar-refractivity contribution in [2.45, 2.75) is 11.8 Å². The summed E-state index contributed by atoms with van der Waals surface area (Å²) >= 11 is 0. The fraction of sp³-hybridized carbons (Fsp3) is 0.0667. The zero-order chi connectivity index (χ0) is 15.7. The molecule has 0 aliphatic carbocycles. The highest BCUT2D eigenvalue weighted by Crippen LogP contribution is 2.29. The summed E-state index contributed by atoms with van der Waals surface area (Å²) in [5.74, 6) is 0. The summed E-state index contributed by atoms with van der Waals surface area (Å²) in [6.45, 7) is 1.85. The Morgan fingerprint density at radius 2 is 1.82 bits per heavy atom. The normalized spacial score (nSPS) is 14.4. The lowest BCUT2D eigenvalue weighted by molar-refractivity contribution is 0.262. The SMILES string of the molecule is Cc1ccc(NC(=O)Nc2ccc3c(c2)S(=O)(=O)C=C3)cn1. The van der Waals surface area contributed by atoms with Crippen molar-refractivity contribution in [3.05, 3.63) is 53.2 Å². The summed E-state index contributed by atoms with van der Waals surface area (Å²) in [5.41, 5.74) is 2.43. The van der Waals surface area contributed by atoms with E-state index in [0.29, 0.717) is 16.9 Å². The van der Waals surface area contributed by atoms with E-state index in [-0.39, 0.29) is 4.90 Å². The molecular weight excluding hydrogens is 302 g/mol. The van der Waals surface area contributed by atoms with Crippen molar-refractivity contribution in [1.82, 2.24) is 4.98 Å². The van der Waals surface area contributed by atoms with Crippen molar-refractivity contribution in [2.24, 2.45) is 0 Å². The van der Waals surface area contributed by atoms with Crippen LogP contribution in [0.5, 0.6) is 0 Å². The number of pyridine rings is 1. The van der Waals surface area contributed by atoms with Gasteiger partial charge in [0.15, 0.2) is 0 Å². The average Bonchev–Trinajstić information content (AvgIpc) is 2.77. The molecule has 0 saturated heterocycles. The van der Waals surface area contributed by atoms with Crippen molar-refractivity contribution in [1.29, 1.82) is 0 Å². The molecule has 1 aromatic heterocycles. The molecule has 0 spiro atoms. The predicted octanol–water partition coefficient (Wildman–Crippen LogP) is 2.79. The van der Waals surface area contributed by atoms with Crippen LogP contribution in [0.1, 0.15) is 11.3 Å². The number of nitrogens with one attached hydrogen (secondary N) is 2. The Labute approximate surface area is 127 Å². The lowest BCUT2D eigenvalue weighted by Crippen LogP contribution is -2.19. The van der Waals surface area contributed by atoms with E-state index in [1.807, 2.05) is 6.92 Å². The minimum absolute atomic E-state index is 0.197. The number of aromatic nitrogens is 1. The van der Waals surface area contributed by atoms with Gasteiger partial charge in [-0.1, -0.05) is 6.07 Å². The number of carbonyl (C=O) groups is 1. The van der Waals surface area contributed by atoms with Crippen LogP contribution in [0.3, 0.4) is 0 Å². The van der Waals surface area contributed by atoms with Gasteiger partial charge in [0.2, 0.25) is 9.84 Å². The molecule has 0 radical (unpaired) electrons. The summed E-state index contributed by atoms with van der Waals surface area (Å²) in [6.07, 6.45) is 3.08. The van der Waals surface area contributed by atoms with Gasteiger partial charge in [-0.05, 0) is 42.8 Å². The third kappa shape index (κ3) is 2.84. The smallest absolute Gasteiger partial charge is 0.308 e. The number of nitrogens with zero attached hydrogens (tertiary/aromatic N) is 1. The van der Waals surface area contributed by atoms with Crippen LogP contribution in [0.25, 0.3) is 6.08 Å². The van der Waals surface area contributed by atoms with Gasteiger partial charge in [-0.3, -0.25) is 4.98 Å². The molecule has 22 heavy (non-hydrogen) atoms. The van der Waals surface area contributed by atoms with E-state index in [9.17, 15) is 13.2 Å². The van der Waals surface area contributed by atoms with Crippen molar-refractivity contribution in [3.8, 4) is 0 Å². The Balaban J connectivity index is 1.74. The number of benzene rings is 1. The Morgan fingerprint density at radius 3 is 2.55 bits per heavy atom. The highest BCUT2D eigenvalue weighted by atomic mass is 32.2. The highest BCUT2D eigenvalue weighted by Gasteiger charge is 2.21. The van der Waals surface area contributed by atoms with E-state index >= 15 is 0 Å². The lowest BCUT2D eigenvalue weighted by atomic mass is 10.2. The van der Waals surface area contributed by atoms with Crippen LogP contribution in [0.2, 0.25) is 0 Å². The number of sulfone groups is 1. The molecule has 2 amide bonds. The van der Waals surface area contributed by atoms with Crippen LogP contribution >= 0.6 is 0 Å². The van der Waals surface area contributed by atoms with E-state index in [4.69, 9.17) is 0 Å². The molecule has 1 aromatic carbocycles. The zero-order valence-corrected chi connectivity index (χ0v) is 12.5. The zero-order valence-electron chi connectivity index (χ0n) is 11.7. The molecule has 0 atom stereocenters. The van der Waals surface area contributed by atoms with Crippen LogP contribution in [-0.2, 0) is 9.84 Å². The minimum Gasteiger partial charge on any atom is -0.308 e. The monoisotopic (exact) mass is 315 g/mol. The van der Waals surface area contributed by atoms with Crippen LogP contribution in [-0.4, -0.2) is 19.4 Å². The Bertz CT molecular complexity index is 871. The van der Waals surface area contributed by atoms with Gasteiger partial charge >= 0.3 is 6.03 Å². The van der Waals surface area contributed by atoms with Crippen LogP contribution in [0.4, 0.5) is 16.2 Å². The lowest BCUT2D eigenvalue weighted by Gasteiger charge is -2.09. The van der Waals surface area contributed by atoms with Crippen molar-refractivity contribution in [2.75, 3.05) is 10.6 Å². The summed E-state index contributed by atoms with van der Waals surface area (Å²) in [6, 6.07) is 7.80. The molecule has 0 unspecified atom stereocenters. The maximum absolute atomic E-state index is 11.9. The quantitative estimate of drug-likeness (QED) is 0.892. The first-order chi connectivity index (χ1) is 10.4. The third-order valence-electron chi connectivity index (χ3n) is 3.17. The Hall–Kier alpha value is -2.67. The number of hydrogen-bond acceptors (Lipinski definition) is 4. The maximum atomic E-state index is 11.9. The topological polar surface area (TPSA) is 88.2 Å². The number of anilines is 2. The second-order valence-electron chi connectivity index (χ2n) is 4.87. The van der Waals surface area contributed by atoms with Crippen molar-refractivity contribution in [3.63, 3.8) is 0 Å². The minimum atomic E-state index is -3.39. The van der Waals surface area contributed by atoms with Gasteiger partial charge in [-0.25, -0.2) is 13.2 Å². The number of aryl methyl sites for hydroxylation is 1. The molecular formula is C15H13N3O3S. The number of fused-ring (bicyclic) bond motifs is 1. The first-order valence-electron chi connectivity index (χ1n) is 6.52.